The molecule has 7 nitrogen and oxygen atoms in total. The summed E-state index contributed by atoms with van der Waals surface area (Å²) in [4.78, 5) is 23.0. The second-order valence-corrected chi connectivity index (χ2v) is 6.87. The molecule has 0 spiro atoms. The number of fused-ring (bicyclic) bond motifs is 1. The van der Waals surface area contributed by atoms with E-state index in [-0.39, 0.29) is 5.76 Å². The molecule has 0 aliphatic rings. The standard InChI is InChI=1S/C21H17BrN2O5/c1-2-5-15-8-13(9-16(22)20(15)28-12-19(25)26)11-23-24-21(27)18-10-14-6-3-4-7-17(14)29-18/h2-4,6-11H,1,5,12H2,(H,24,27)(H,25,26)/b23-11+. The summed E-state index contributed by atoms with van der Waals surface area (Å²) in [5.74, 6) is -0.949. The van der Waals surface area contributed by atoms with E-state index in [2.05, 4.69) is 33.0 Å². The normalized spacial score (nSPS) is 10.9. The molecule has 0 radical (unpaired) electrons. The third-order valence-corrected chi connectivity index (χ3v) is 4.47. The fourth-order valence-electron chi connectivity index (χ4n) is 2.67. The zero-order chi connectivity index (χ0) is 20.8. The minimum atomic E-state index is -1.07. The van der Waals surface area contributed by atoms with E-state index >= 15 is 0 Å². The van der Waals surface area contributed by atoms with Gasteiger partial charge in [-0.05, 0) is 57.7 Å². The van der Waals surface area contributed by atoms with Gasteiger partial charge in [0.05, 0.1) is 10.7 Å². The quantitative estimate of drug-likeness (QED) is 0.301. The first-order valence-electron chi connectivity index (χ1n) is 8.58. The lowest BCUT2D eigenvalue weighted by Crippen LogP contribution is -2.16. The molecule has 8 heteroatoms. The second-order valence-electron chi connectivity index (χ2n) is 6.01. The predicted molar refractivity (Wildman–Crippen MR) is 112 cm³/mol. The number of ether oxygens (including phenoxy) is 1. The molecule has 0 aliphatic carbocycles. The number of carboxylic acid groups (broad SMARTS) is 1. The molecule has 0 fully saturated rings. The van der Waals surface area contributed by atoms with E-state index < -0.39 is 18.5 Å². The Bertz CT molecular complexity index is 1070. The van der Waals surface area contributed by atoms with Crippen LogP contribution in [0, 0.1) is 0 Å². The number of rotatable bonds is 8. The van der Waals surface area contributed by atoms with Gasteiger partial charge in [-0.15, -0.1) is 6.58 Å². The van der Waals surface area contributed by atoms with Gasteiger partial charge in [-0.2, -0.15) is 5.10 Å². The first kappa shape index (κ1) is 20.3. The fourth-order valence-corrected chi connectivity index (χ4v) is 3.30. The number of carbonyl (C=O) groups is 2. The summed E-state index contributed by atoms with van der Waals surface area (Å²) in [6, 6.07) is 12.5. The number of benzene rings is 2. The number of furan rings is 1. The van der Waals surface area contributed by atoms with Crippen molar-refractivity contribution < 1.29 is 23.8 Å². The van der Waals surface area contributed by atoms with Crippen molar-refractivity contribution in [2.75, 3.05) is 6.61 Å². The number of carbonyl (C=O) groups excluding carboxylic acids is 1. The van der Waals surface area contributed by atoms with E-state index in [1.54, 1.807) is 30.3 Å². The summed E-state index contributed by atoms with van der Waals surface area (Å²) < 4.78 is 11.4. The largest absolute Gasteiger partial charge is 0.480 e. The maximum absolute atomic E-state index is 12.2. The van der Waals surface area contributed by atoms with Crippen molar-refractivity contribution in [1.29, 1.82) is 0 Å². The average molecular weight is 457 g/mol. The fraction of sp³-hybridized carbons (Fsp3) is 0.0952. The molecule has 1 amide bonds. The smallest absolute Gasteiger partial charge is 0.341 e. The molecule has 2 N–H and O–H groups in total. The molecule has 0 saturated heterocycles. The topological polar surface area (TPSA) is 101 Å². The zero-order valence-electron chi connectivity index (χ0n) is 15.2. The Morgan fingerprint density at radius 3 is 2.79 bits per heavy atom. The Balaban J connectivity index is 1.74. The van der Waals surface area contributed by atoms with Gasteiger partial charge in [-0.3, -0.25) is 4.79 Å². The summed E-state index contributed by atoms with van der Waals surface area (Å²) in [6.07, 6.45) is 3.62. The molecule has 29 heavy (non-hydrogen) atoms. The van der Waals surface area contributed by atoms with Crippen LogP contribution in [-0.2, 0) is 11.2 Å². The van der Waals surface area contributed by atoms with E-state index in [0.29, 0.717) is 27.8 Å². The van der Waals surface area contributed by atoms with Gasteiger partial charge in [-0.25, -0.2) is 10.2 Å². The molecular formula is C21H17BrN2O5. The van der Waals surface area contributed by atoms with Crippen molar-refractivity contribution >= 4 is 45.0 Å². The lowest BCUT2D eigenvalue weighted by molar-refractivity contribution is -0.139. The van der Waals surface area contributed by atoms with Gasteiger partial charge >= 0.3 is 11.9 Å². The van der Waals surface area contributed by atoms with Crippen LogP contribution in [0.4, 0.5) is 0 Å². The number of nitrogens with one attached hydrogen (secondary N) is 1. The van der Waals surface area contributed by atoms with Crippen LogP contribution in [0.5, 0.6) is 5.75 Å². The average Bonchev–Trinajstić information content (AvgIpc) is 3.12. The van der Waals surface area contributed by atoms with Crippen molar-refractivity contribution in [3.8, 4) is 5.75 Å². The molecule has 0 aliphatic heterocycles. The molecule has 0 saturated carbocycles. The number of para-hydroxylation sites is 1. The highest BCUT2D eigenvalue weighted by Crippen LogP contribution is 2.31. The summed E-state index contributed by atoms with van der Waals surface area (Å²) in [7, 11) is 0. The molecule has 0 bridgehead atoms. The SMILES string of the molecule is C=CCc1cc(/C=N/NC(=O)c2cc3ccccc3o2)cc(Br)c1OCC(=O)O. The molecule has 3 aromatic rings. The van der Waals surface area contributed by atoms with Gasteiger partial charge < -0.3 is 14.3 Å². The van der Waals surface area contributed by atoms with Gasteiger partial charge in [0, 0.05) is 5.39 Å². The number of amides is 1. The van der Waals surface area contributed by atoms with E-state index in [1.807, 2.05) is 18.2 Å². The molecular weight excluding hydrogens is 440 g/mol. The lowest BCUT2D eigenvalue weighted by Gasteiger charge is -2.12. The van der Waals surface area contributed by atoms with Crippen molar-refractivity contribution in [3.05, 3.63) is 76.5 Å². The van der Waals surface area contributed by atoms with E-state index in [9.17, 15) is 9.59 Å². The number of hydrogen-bond donors (Lipinski definition) is 2. The van der Waals surface area contributed by atoms with Crippen LogP contribution < -0.4 is 10.2 Å². The highest BCUT2D eigenvalue weighted by Gasteiger charge is 2.13. The highest BCUT2D eigenvalue weighted by atomic mass is 79.9. The minimum Gasteiger partial charge on any atom is -0.480 e. The third-order valence-electron chi connectivity index (χ3n) is 3.88. The van der Waals surface area contributed by atoms with Crippen LogP contribution >= 0.6 is 15.9 Å². The summed E-state index contributed by atoms with van der Waals surface area (Å²) >= 11 is 3.38. The number of halogens is 1. The molecule has 3 rings (SSSR count). The Kier molecular flexibility index (Phi) is 6.46. The van der Waals surface area contributed by atoms with Crippen molar-refractivity contribution in [1.82, 2.24) is 5.43 Å². The van der Waals surface area contributed by atoms with E-state index in [4.69, 9.17) is 14.3 Å². The number of hydrogen-bond acceptors (Lipinski definition) is 5. The number of carboxylic acids is 1. The van der Waals surface area contributed by atoms with Crippen LogP contribution in [0.1, 0.15) is 21.7 Å². The monoisotopic (exact) mass is 456 g/mol. The second kappa shape index (κ2) is 9.20. The van der Waals surface area contributed by atoms with Crippen molar-refractivity contribution in [2.45, 2.75) is 6.42 Å². The maximum Gasteiger partial charge on any atom is 0.341 e. The van der Waals surface area contributed by atoms with Crippen molar-refractivity contribution in [3.63, 3.8) is 0 Å². The van der Waals surface area contributed by atoms with Crippen LogP contribution in [-0.4, -0.2) is 29.8 Å². The third kappa shape index (κ3) is 5.11. The molecule has 148 valence electrons. The van der Waals surface area contributed by atoms with Crippen LogP contribution in [0.3, 0.4) is 0 Å². The molecule has 0 unspecified atom stereocenters. The van der Waals surface area contributed by atoms with Crippen LogP contribution in [0.25, 0.3) is 11.0 Å². The maximum atomic E-state index is 12.2. The van der Waals surface area contributed by atoms with Gasteiger partial charge in [0.15, 0.2) is 12.4 Å². The molecule has 1 heterocycles. The van der Waals surface area contributed by atoms with Gasteiger partial charge in [0.1, 0.15) is 11.3 Å². The van der Waals surface area contributed by atoms with E-state index in [0.717, 1.165) is 10.9 Å². The summed E-state index contributed by atoms with van der Waals surface area (Å²) in [5, 5.41) is 13.6. The van der Waals surface area contributed by atoms with Crippen LogP contribution in [0.2, 0.25) is 0 Å². The van der Waals surface area contributed by atoms with Gasteiger partial charge in [-0.1, -0.05) is 24.3 Å². The molecule has 1 aromatic heterocycles. The first-order valence-corrected chi connectivity index (χ1v) is 9.37. The van der Waals surface area contributed by atoms with E-state index in [1.165, 1.54) is 6.21 Å². The first-order chi connectivity index (χ1) is 14.0. The highest BCUT2D eigenvalue weighted by molar-refractivity contribution is 9.10. The van der Waals surface area contributed by atoms with Gasteiger partial charge in [0.2, 0.25) is 0 Å². The van der Waals surface area contributed by atoms with Crippen molar-refractivity contribution in [2.24, 2.45) is 5.10 Å². The molecule has 0 atom stereocenters. The van der Waals surface area contributed by atoms with Gasteiger partial charge in [0.25, 0.3) is 0 Å². The number of allylic oxidation sites excluding steroid dienone is 1. The number of nitrogens with zero attached hydrogens (tertiary/aromatic N) is 1. The Labute approximate surface area is 174 Å². The Morgan fingerprint density at radius 1 is 1.28 bits per heavy atom. The predicted octanol–water partition coefficient (Wildman–Crippen LogP) is 4.15. The minimum absolute atomic E-state index is 0.161. The number of hydrazone groups is 1. The Hall–Kier alpha value is -3.39. The molecule has 2 aromatic carbocycles. The number of aliphatic carboxylic acids is 1. The summed E-state index contributed by atoms with van der Waals surface area (Å²) in [6.45, 7) is 3.25. The summed E-state index contributed by atoms with van der Waals surface area (Å²) in [5.41, 5.74) is 4.47. The van der Waals surface area contributed by atoms with Crippen LogP contribution in [0.15, 0.2) is 69.1 Å². The Morgan fingerprint density at radius 2 is 2.07 bits per heavy atom. The lowest BCUT2D eigenvalue weighted by atomic mass is 10.1. The zero-order valence-corrected chi connectivity index (χ0v) is 16.8.